The molecule has 1 saturated heterocycles. The van der Waals surface area contributed by atoms with Crippen molar-refractivity contribution < 1.29 is 18.3 Å². The fraction of sp³-hybridized carbons (Fsp3) is 0.667. The highest BCUT2D eigenvalue weighted by molar-refractivity contribution is 7.88. The zero-order valence-corrected chi connectivity index (χ0v) is 17.7. The first kappa shape index (κ1) is 21.3. The van der Waals surface area contributed by atoms with Crippen LogP contribution in [0.5, 0.6) is 0 Å². The topological polar surface area (TPSA) is 77.9 Å². The van der Waals surface area contributed by atoms with E-state index in [1.165, 1.54) is 4.31 Å². The van der Waals surface area contributed by atoms with E-state index in [2.05, 4.69) is 0 Å². The monoisotopic (exact) mass is 408 g/mol. The largest absolute Gasteiger partial charge is 0.391 e. The van der Waals surface area contributed by atoms with Gasteiger partial charge in [0.1, 0.15) is 0 Å². The molecule has 0 radical (unpaired) electrons. The number of hydrogen-bond acceptors (Lipinski definition) is 4. The lowest BCUT2D eigenvalue weighted by Crippen LogP contribution is -2.50. The summed E-state index contributed by atoms with van der Waals surface area (Å²) in [5.41, 5.74) is 1.80. The van der Waals surface area contributed by atoms with Crippen LogP contribution in [0.15, 0.2) is 24.3 Å². The maximum Gasteiger partial charge on any atom is 0.225 e. The van der Waals surface area contributed by atoms with Gasteiger partial charge in [-0.1, -0.05) is 37.1 Å². The average molecular weight is 409 g/mol. The SMILES string of the molecule is Cc1ccccc1CS(=O)(=O)N1CCC(C(=O)N(C)[C@H]2CCCC[C@H]2O)CC1. The molecule has 2 fully saturated rings. The van der Waals surface area contributed by atoms with Gasteiger partial charge in [-0.3, -0.25) is 4.79 Å². The van der Waals surface area contributed by atoms with E-state index in [1.54, 1.807) is 11.9 Å². The number of benzene rings is 1. The second kappa shape index (κ2) is 8.93. The van der Waals surface area contributed by atoms with Crippen molar-refractivity contribution in [2.45, 2.75) is 63.3 Å². The Hall–Kier alpha value is -1.44. The summed E-state index contributed by atoms with van der Waals surface area (Å²) in [6.45, 7) is 2.68. The Morgan fingerprint density at radius 3 is 2.43 bits per heavy atom. The van der Waals surface area contributed by atoms with Crippen LogP contribution in [-0.2, 0) is 20.6 Å². The molecule has 2 aliphatic rings. The summed E-state index contributed by atoms with van der Waals surface area (Å²) in [4.78, 5) is 14.6. The average Bonchev–Trinajstić information content (AvgIpc) is 2.69. The van der Waals surface area contributed by atoms with Crippen LogP contribution < -0.4 is 0 Å². The van der Waals surface area contributed by atoms with E-state index >= 15 is 0 Å². The molecule has 1 aliphatic carbocycles. The van der Waals surface area contributed by atoms with Crippen LogP contribution in [0.25, 0.3) is 0 Å². The number of nitrogens with zero attached hydrogens (tertiary/aromatic N) is 2. The first-order valence-electron chi connectivity index (χ1n) is 10.3. The van der Waals surface area contributed by atoms with E-state index in [0.717, 1.165) is 36.8 Å². The van der Waals surface area contributed by atoms with Gasteiger partial charge < -0.3 is 10.0 Å². The molecule has 1 aromatic rings. The van der Waals surface area contributed by atoms with Crippen LogP contribution in [0, 0.1) is 12.8 Å². The molecule has 6 nitrogen and oxygen atoms in total. The third-order valence-corrected chi connectivity index (χ3v) is 8.16. The van der Waals surface area contributed by atoms with Gasteiger partial charge in [0, 0.05) is 26.1 Å². The lowest BCUT2D eigenvalue weighted by atomic mass is 9.89. The molecule has 1 saturated carbocycles. The fourth-order valence-corrected chi connectivity index (χ4v) is 6.10. The summed E-state index contributed by atoms with van der Waals surface area (Å²) in [6.07, 6.45) is 4.27. The molecule has 1 amide bonds. The van der Waals surface area contributed by atoms with E-state index in [9.17, 15) is 18.3 Å². The number of carbonyl (C=O) groups excluding carboxylic acids is 1. The lowest BCUT2D eigenvalue weighted by Gasteiger charge is -2.38. The van der Waals surface area contributed by atoms with Crippen LogP contribution in [0.3, 0.4) is 0 Å². The molecule has 1 heterocycles. The van der Waals surface area contributed by atoms with Crippen LogP contribution in [0.1, 0.15) is 49.7 Å². The Morgan fingerprint density at radius 2 is 1.79 bits per heavy atom. The van der Waals surface area contributed by atoms with Crippen molar-refractivity contribution in [1.82, 2.24) is 9.21 Å². The van der Waals surface area contributed by atoms with Gasteiger partial charge in [-0.15, -0.1) is 0 Å². The van der Waals surface area contributed by atoms with E-state index in [0.29, 0.717) is 25.9 Å². The minimum atomic E-state index is -3.39. The predicted octanol–water partition coefficient (Wildman–Crippen LogP) is 2.30. The number of hydrogen-bond donors (Lipinski definition) is 1. The Labute approximate surface area is 168 Å². The van der Waals surface area contributed by atoms with E-state index in [1.807, 2.05) is 31.2 Å². The molecule has 0 bridgehead atoms. The van der Waals surface area contributed by atoms with Crippen molar-refractivity contribution >= 4 is 15.9 Å². The lowest BCUT2D eigenvalue weighted by molar-refractivity contribution is -0.141. The van der Waals surface area contributed by atoms with Gasteiger partial charge in [-0.25, -0.2) is 12.7 Å². The molecule has 0 unspecified atom stereocenters. The van der Waals surface area contributed by atoms with Crippen LogP contribution >= 0.6 is 0 Å². The van der Waals surface area contributed by atoms with E-state index in [-0.39, 0.29) is 23.6 Å². The summed E-state index contributed by atoms with van der Waals surface area (Å²) in [5.74, 6) is -0.113. The highest BCUT2D eigenvalue weighted by atomic mass is 32.2. The summed E-state index contributed by atoms with van der Waals surface area (Å²) < 4.78 is 27.1. The van der Waals surface area contributed by atoms with Gasteiger partial charge in [0.05, 0.1) is 17.9 Å². The Bertz CT molecular complexity index is 787. The van der Waals surface area contributed by atoms with Gasteiger partial charge in [0.25, 0.3) is 0 Å². The maximum absolute atomic E-state index is 12.9. The Morgan fingerprint density at radius 1 is 1.14 bits per heavy atom. The number of sulfonamides is 1. The Kier molecular flexibility index (Phi) is 6.78. The number of aliphatic hydroxyl groups excluding tert-OH is 1. The minimum Gasteiger partial charge on any atom is -0.391 e. The molecule has 3 rings (SSSR count). The van der Waals surface area contributed by atoms with Gasteiger partial charge in [0.2, 0.25) is 15.9 Å². The van der Waals surface area contributed by atoms with Gasteiger partial charge in [0.15, 0.2) is 0 Å². The molecule has 1 aromatic carbocycles. The van der Waals surface area contributed by atoms with Gasteiger partial charge in [-0.05, 0) is 43.7 Å². The summed E-state index contributed by atoms with van der Waals surface area (Å²) in [7, 11) is -1.61. The van der Waals surface area contributed by atoms with Crippen LogP contribution in [-0.4, -0.2) is 60.9 Å². The zero-order valence-electron chi connectivity index (χ0n) is 16.9. The normalized spacial score (nSPS) is 24.8. The fourth-order valence-electron chi connectivity index (χ4n) is 4.44. The molecule has 1 aliphatic heterocycles. The first-order valence-corrected chi connectivity index (χ1v) is 11.9. The molecular formula is C21H32N2O4S. The van der Waals surface area contributed by atoms with Crippen LogP contribution in [0.2, 0.25) is 0 Å². The molecule has 0 spiro atoms. The second-order valence-corrected chi connectivity index (χ2v) is 10.2. The first-order chi connectivity index (χ1) is 13.3. The molecule has 0 aromatic heterocycles. The van der Waals surface area contributed by atoms with Gasteiger partial charge >= 0.3 is 0 Å². The third-order valence-electron chi connectivity index (χ3n) is 6.33. The second-order valence-electron chi connectivity index (χ2n) is 8.22. The number of likely N-dealkylation sites (N-methyl/N-ethyl adjacent to an activating group) is 1. The number of aliphatic hydroxyl groups is 1. The number of aryl methyl sites for hydroxylation is 1. The number of carbonyl (C=O) groups is 1. The minimum absolute atomic E-state index is 0.00640. The zero-order chi connectivity index (χ0) is 20.3. The molecule has 1 N–H and O–H groups in total. The van der Waals surface area contributed by atoms with Crippen molar-refractivity contribution in [3.63, 3.8) is 0 Å². The Balaban J connectivity index is 1.57. The van der Waals surface area contributed by atoms with E-state index in [4.69, 9.17) is 0 Å². The van der Waals surface area contributed by atoms with Crippen molar-refractivity contribution in [2.24, 2.45) is 5.92 Å². The van der Waals surface area contributed by atoms with E-state index < -0.39 is 16.1 Å². The highest BCUT2D eigenvalue weighted by Gasteiger charge is 2.36. The maximum atomic E-state index is 12.9. The van der Waals surface area contributed by atoms with Crippen molar-refractivity contribution in [3.8, 4) is 0 Å². The standard InChI is InChI=1S/C21H32N2O4S/c1-16-7-3-4-8-18(16)15-28(26,27)23-13-11-17(12-14-23)21(25)22(2)19-9-5-6-10-20(19)24/h3-4,7-8,17,19-20,24H,5-6,9-15H2,1-2H3/t19-,20+/m0/s1. The van der Waals surface area contributed by atoms with Crippen molar-refractivity contribution in [1.29, 1.82) is 0 Å². The summed E-state index contributed by atoms with van der Waals surface area (Å²) in [5, 5.41) is 10.2. The number of amides is 1. The predicted molar refractivity (Wildman–Crippen MR) is 109 cm³/mol. The quantitative estimate of drug-likeness (QED) is 0.811. The molecular weight excluding hydrogens is 376 g/mol. The molecule has 2 atom stereocenters. The highest BCUT2D eigenvalue weighted by Crippen LogP contribution is 2.27. The summed E-state index contributed by atoms with van der Waals surface area (Å²) in [6, 6.07) is 7.43. The van der Waals surface area contributed by atoms with Crippen molar-refractivity contribution in [3.05, 3.63) is 35.4 Å². The third kappa shape index (κ3) is 4.75. The number of piperidine rings is 1. The number of rotatable bonds is 5. The molecule has 156 valence electrons. The molecule has 7 heteroatoms. The van der Waals surface area contributed by atoms with Gasteiger partial charge in [-0.2, -0.15) is 0 Å². The summed E-state index contributed by atoms with van der Waals surface area (Å²) >= 11 is 0. The van der Waals surface area contributed by atoms with Crippen molar-refractivity contribution in [2.75, 3.05) is 20.1 Å². The smallest absolute Gasteiger partial charge is 0.225 e. The van der Waals surface area contributed by atoms with Crippen LogP contribution in [0.4, 0.5) is 0 Å². The molecule has 28 heavy (non-hydrogen) atoms.